The average molecular weight is 316 g/mol. The molecule has 23 heavy (non-hydrogen) atoms. The van der Waals surface area contributed by atoms with Crippen LogP contribution >= 0.6 is 0 Å². The van der Waals surface area contributed by atoms with Gasteiger partial charge in [0.15, 0.2) is 0 Å². The average Bonchev–Trinajstić information content (AvgIpc) is 2.83. The van der Waals surface area contributed by atoms with Gasteiger partial charge in [0.1, 0.15) is 0 Å². The summed E-state index contributed by atoms with van der Waals surface area (Å²) in [5.41, 5.74) is 1.28. The summed E-state index contributed by atoms with van der Waals surface area (Å²) in [5, 5.41) is 20.4. The molecule has 0 radical (unpaired) electrons. The highest BCUT2D eigenvalue weighted by atomic mass is 16.5. The Morgan fingerprint density at radius 2 is 2.04 bits per heavy atom. The number of rotatable bonds is 1. The molecule has 126 valence electrons. The van der Waals surface area contributed by atoms with E-state index < -0.39 is 6.10 Å². The zero-order valence-corrected chi connectivity index (χ0v) is 14.3. The fourth-order valence-electron chi connectivity index (χ4n) is 6.05. The molecule has 0 aromatic heterocycles. The van der Waals surface area contributed by atoms with Crippen molar-refractivity contribution in [1.29, 1.82) is 0 Å². The Kier molecular flexibility index (Phi) is 3.34. The molecule has 0 aromatic rings. The SMILES string of the molecule is CO[C@H]1CC2=C[C@@H](O)C=C[C@]2(C)[C@H]2CC[C@]3(C)C(O)=CC[C@H]3[C@H]12. The van der Waals surface area contributed by atoms with E-state index in [0.717, 1.165) is 25.7 Å². The molecule has 7 atom stereocenters. The van der Waals surface area contributed by atoms with Crippen LogP contribution in [0.25, 0.3) is 0 Å². The second kappa shape index (κ2) is 4.97. The maximum atomic E-state index is 10.4. The zero-order valence-electron chi connectivity index (χ0n) is 14.3. The maximum Gasteiger partial charge on any atom is 0.0944 e. The molecule has 4 rings (SSSR count). The third kappa shape index (κ3) is 1.96. The smallest absolute Gasteiger partial charge is 0.0944 e. The summed E-state index contributed by atoms with van der Waals surface area (Å²) in [6, 6.07) is 0. The van der Waals surface area contributed by atoms with E-state index in [9.17, 15) is 10.2 Å². The molecule has 0 amide bonds. The van der Waals surface area contributed by atoms with E-state index in [2.05, 4.69) is 19.9 Å². The molecule has 0 heterocycles. The Balaban J connectivity index is 1.76. The van der Waals surface area contributed by atoms with Crippen molar-refractivity contribution in [3.8, 4) is 0 Å². The first-order valence-electron chi connectivity index (χ1n) is 8.91. The molecule has 2 fully saturated rings. The van der Waals surface area contributed by atoms with Gasteiger partial charge in [0.2, 0.25) is 0 Å². The van der Waals surface area contributed by atoms with Gasteiger partial charge in [-0.05, 0) is 49.5 Å². The van der Waals surface area contributed by atoms with Crippen molar-refractivity contribution in [2.24, 2.45) is 28.6 Å². The molecule has 0 saturated heterocycles. The molecule has 0 bridgehead atoms. The summed E-state index contributed by atoms with van der Waals surface area (Å²) in [7, 11) is 1.81. The molecule has 4 aliphatic carbocycles. The zero-order chi connectivity index (χ0) is 16.4. The van der Waals surface area contributed by atoms with Gasteiger partial charge in [0.05, 0.1) is 18.0 Å². The van der Waals surface area contributed by atoms with Crippen LogP contribution in [0.3, 0.4) is 0 Å². The fraction of sp³-hybridized carbons (Fsp3) is 0.700. The van der Waals surface area contributed by atoms with Gasteiger partial charge in [-0.1, -0.05) is 37.6 Å². The Morgan fingerprint density at radius 1 is 1.26 bits per heavy atom. The van der Waals surface area contributed by atoms with E-state index in [4.69, 9.17) is 4.74 Å². The predicted octanol–water partition coefficient (Wildman–Crippen LogP) is 3.76. The normalized spacial score (nSPS) is 51.4. The number of allylic oxidation sites excluding steroid dienone is 3. The molecular weight excluding hydrogens is 288 g/mol. The van der Waals surface area contributed by atoms with Crippen LogP contribution in [0.2, 0.25) is 0 Å². The predicted molar refractivity (Wildman–Crippen MR) is 89.9 cm³/mol. The van der Waals surface area contributed by atoms with Crippen LogP contribution in [-0.2, 0) is 4.74 Å². The van der Waals surface area contributed by atoms with E-state index >= 15 is 0 Å². The fourth-order valence-corrected chi connectivity index (χ4v) is 6.05. The number of aliphatic hydroxyl groups excluding tert-OH is 2. The lowest BCUT2D eigenvalue weighted by Crippen LogP contribution is -2.54. The summed E-state index contributed by atoms with van der Waals surface area (Å²) < 4.78 is 5.93. The first kappa shape index (κ1) is 15.5. The highest BCUT2D eigenvalue weighted by Crippen LogP contribution is 2.64. The van der Waals surface area contributed by atoms with E-state index in [1.807, 2.05) is 25.3 Å². The van der Waals surface area contributed by atoms with Crippen molar-refractivity contribution < 1.29 is 14.9 Å². The van der Waals surface area contributed by atoms with Gasteiger partial charge < -0.3 is 14.9 Å². The van der Waals surface area contributed by atoms with Crippen molar-refractivity contribution in [2.45, 2.75) is 51.7 Å². The molecule has 2 N–H and O–H groups in total. The largest absolute Gasteiger partial charge is 0.512 e. The topological polar surface area (TPSA) is 49.7 Å². The molecule has 0 aromatic carbocycles. The standard InChI is InChI=1S/C20H28O3/c1-19-8-6-13(21)10-12(19)11-16(23-3)18-14-4-5-17(22)20(14,2)9-7-15(18)19/h5-6,8,10,13-16,18,21-22H,4,7,9,11H2,1-3H3/t13-,14-,15-,16-,18-,19-,20-/m0/s1. The Morgan fingerprint density at radius 3 is 2.78 bits per heavy atom. The second-order valence-corrected chi connectivity index (χ2v) is 8.37. The quantitative estimate of drug-likeness (QED) is 0.724. The Labute approximate surface area is 138 Å². The van der Waals surface area contributed by atoms with Gasteiger partial charge in [-0.2, -0.15) is 0 Å². The van der Waals surface area contributed by atoms with Crippen LogP contribution in [0.4, 0.5) is 0 Å². The number of hydrogen-bond donors (Lipinski definition) is 2. The monoisotopic (exact) mass is 316 g/mol. The molecule has 4 aliphatic rings. The second-order valence-electron chi connectivity index (χ2n) is 8.37. The van der Waals surface area contributed by atoms with Gasteiger partial charge in [0, 0.05) is 17.9 Å². The van der Waals surface area contributed by atoms with Crippen molar-refractivity contribution in [1.82, 2.24) is 0 Å². The minimum Gasteiger partial charge on any atom is -0.512 e. The van der Waals surface area contributed by atoms with E-state index in [1.165, 1.54) is 5.57 Å². The van der Waals surface area contributed by atoms with Crippen LogP contribution in [0.15, 0.2) is 35.6 Å². The molecule has 0 spiro atoms. The van der Waals surface area contributed by atoms with Crippen LogP contribution in [0, 0.1) is 28.6 Å². The first-order valence-corrected chi connectivity index (χ1v) is 8.91. The third-order valence-corrected chi connectivity index (χ3v) is 7.50. The van der Waals surface area contributed by atoms with Crippen molar-refractivity contribution >= 4 is 0 Å². The minimum atomic E-state index is -0.460. The van der Waals surface area contributed by atoms with E-state index in [-0.39, 0.29) is 16.9 Å². The number of aliphatic hydroxyl groups is 2. The van der Waals surface area contributed by atoms with Crippen LogP contribution in [0.1, 0.15) is 39.5 Å². The Bertz CT molecular complexity index is 604. The lowest BCUT2D eigenvalue weighted by molar-refractivity contribution is -0.101. The van der Waals surface area contributed by atoms with E-state index in [0.29, 0.717) is 23.5 Å². The molecule has 2 saturated carbocycles. The molecule has 0 unspecified atom stereocenters. The van der Waals surface area contributed by atoms with E-state index in [1.54, 1.807) is 0 Å². The Hall–Kier alpha value is -1.06. The molecule has 3 heteroatoms. The highest BCUT2D eigenvalue weighted by Gasteiger charge is 2.59. The van der Waals surface area contributed by atoms with Gasteiger partial charge in [0.25, 0.3) is 0 Å². The molecule has 0 aliphatic heterocycles. The van der Waals surface area contributed by atoms with Crippen molar-refractivity contribution in [3.05, 3.63) is 35.6 Å². The number of methoxy groups -OCH3 is 1. The van der Waals surface area contributed by atoms with Crippen LogP contribution in [0.5, 0.6) is 0 Å². The van der Waals surface area contributed by atoms with Gasteiger partial charge in [-0.25, -0.2) is 0 Å². The lowest BCUT2D eigenvalue weighted by Gasteiger charge is -2.58. The third-order valence-electron chi connectivity index (χ3n) is 7.50. The maximum absolute atomic E-state index is 10.4. The van der Waals surface area contributed by atoms with Gasteiger partial charge >= 0.3 is 0 Å². The number of fused-ring (bicyclic) bond motifs is 5. The molecular formula is C20H28O3. The number of hydrogen-bond acceptors (Lipinski definition) is 3. The lowest BCUT2D eigenvalue weighted by atomic mass is 9.47. The highest BCUT2D eigenvalue weighted by molar-refractivity contribution is 5.35. The summed E-state index contributed by atoms with van der Waals surface area (Å²) in [6.07, 6.45) is 12.0. The summed E-state index contributed by atoms with van der Waals surface area (Å²) >= 11 is 0. The van der Waals surface area contributed by atoms with Gasteiger partial charge in [-0.3, -0.25) is 0 Å². The minimum absolute atomic E-state index is 0.0263. The summed E-state index contributed by atoms with van der Waals surface area (Å²) in [6.45, 7) is 4.56. The first-order chi connectivity index (χ1) is 10.9. The number of ether oxygens (including phenoxy) is 1. The van der Waals surface area contributed by atoms with Crippen LogP contribution in [-0.4, -0.2) is 29.5 Å². The summed E-state index contributed by atoms with van der Waals surface area (Å²) in [4.78, 5) is 0. The molecule has 3 nitrogen and oxygen atoms in total. The van der Waals surface area contributed by atoms with Crippen molar-refractivity contribution in [3.63, 3.8) is 0 Å². The summed E-state index contributed by atoms with van der Waals surface area (Å²) in [5.74, 6) is 2.04. The van der Waals surface area contributed by atoms with Gasteiger partial charge in [-0.15, -0.1) is 0 Å². The van der Waals surface area contributed by atoms with Crippen molar-refractivity contribution in [2.75, 3.05) is 7.11 Å². The van der Waals surface area contributed by atoms with Crippen LogP contribution < -0.4 is 0 Å².